The second kappa shape index (κ2) is 8.81. The number of sulfone groups is 1. The number of hydrogen-bond donors (Lipinski definition) is 0. The Morgan fingerprint density at radius 2 is 2.00 bits per heavy atom. The van der Waals surface area contributed by atoms with Gasteiger partial charge < -0.3 is 9.30 Å². The van der Waals surface area contributed by atoms with E-state index in [0.29, 0.717) is 19.7 Å². The number of nitrogens with zero attached hydrogens (tertiary/aromatic N) is 4. The van der Waals surface area contributed by atoms with Gasteiger partial charge in [0.15, 0.2) is 0 Å². The van der Waals surface area contributed by atoms with E-state index in [-0.39, 0.29) is 10.9 Å². The number of ether oxygens (including phenoxy) is 1. The molecular formula is C20H26N4O3S. The predicted molar refractivity (Wildman–Crippen MR) is 109 cm³/mol. The van der Waals surface area contributed by atoms with Crippen molar-refractivity contribution in [2.75, 3.05) is 26.5 Å². The van der Waals surface area contributed by atoms with Crippen LogP contribution in [0.5, 0.6) is 0 Å². The molecule has 8 heteroatoms. The maximum atomic E-state index is 12.4. The minimum atomic E-state index is -3.39. The number of imidazole rings is 1. The highest BCUT2D eigenvalue weighted by atomic mass is 32.2. The van der Waals surface area contributed by atoms with Gasteiger partial charge in [0.25, 0.3) is 0 Å². The van der Waals surface area contributed by atoms with Crippen LogP contribution in [0, 0.1) is 0 Å². The molecule has 0 atom stereocenters. The van der Waals surface area contributed by atoms with Crippen molar-refractivity contribution in [2.24, 2.45) is 0 Å². The molecule has 0 radical (unpaired) electrons. The fourth-order valence-electron chi connectivity index (χ4n) is 3.27. The normalized spacial score (nSPS) is 12.1. The molecule has 0 unspecified atom stereocenters. The van der Waals surface area contributed by atoms with Crippen molar-refractivity contribution in [3.05, 3.63) is 54.1 Å². The van der Waals surface area contributed by atoms with Crippen LogP contribution in [0.15, 0.2) is 48.0 Å². The second-order valence-corrected chi connectivity index (χ2v) is 8.94. The van der Waals surface area contributed by atoms with E-state index >= 15 is 0 Å². The Morgan fingerprint density at radius 1 is 1.18 bits per heavy atom. The third kappa shape index (κ3) is 4.40. The Labute approximate surface area is 165 Å². The van der Waals surface area contributed by atoms with E-state index in [1.54, 1.807) is 31.0 Å². The van der Waals surface area contributed by atoms with Gasteiger partial charge in [0.05, 0.1) is 24.3 Å². The monoisotopic (exact) mass is 402 g/mol. The first-order valence-electron chi connectivity index (χ1n) is 9.22. The van der Waals surface area contributed by atoms with Gasteiger partial charge in [-0.25, -0.2) is 13.4 Å². The molecule has 3 aromatic rings. The van der Waals surface area contributed by atoms with E-state index in [4.69, 9.17) is 4.74 Å². The van der Waals surface area contributed by atoms with Gasteiger partial charge in [-0.2, -0.15) is 0 Å². The first-order valence-corrected chi connectivity index (χ1v) is 10.9. The Balaban J connectivity index is 1.84. The van der Waals surface area contributed by atoms with Crippen LogP contribution in [-0.4, -0.2) is 54.4 Å². The third-order valence-corrected chi connectivity index (χ3v) is 6.36. The Hall–Kier alpha value is -2.29. The van der Waals surface area contributed by atoms with E-state index < -0.39 is 9.84 Å². The summed E-state index contributed by atoms with van der Waals surface area (Å²) in [6, 6.07) is 8.21. The van der Waals surface area contributed by atoms with Crippen LogP contribution in [-0.2, 0) is 34.2 Å². The largest absolute Gasteiger partial charge is 0.383 e. The zero-order valence-corrected chi connectivity index (χ0v) is 17.3. The fourth-order valence-corrected chi connectivity index (χ4v) is 4.28. The summed E-state index contributed by atoms with van der Waals surface area (Å²) in [7, 11) is 0.228. The molecule has 0 aliphatic rings. The summed E-state index contributed by atoms with van der Waals surface area (Å²) in [6.45, 7) is 3.82. The number of benzene rings is 1. The van der Waals surface area contributed by atoms with Crippen LogP contribution in [0.25, 0.3) is 10.8 Å². The first-order chi connectivity index (χ1) is 13.5. The second-order valence-electron chi connectivity index (χ2n) is 6.77. The summed E-state index contributed by atoms with van der Waals surface area (Å²) in [5, 5.41) is 2.40. The van der Waals surface area contributed by atoms with Crippen LogP contribution < -0.4 is 0 Å². The maximum Gasteiger partial charge on any atom is 0.227 e. The highest BCUT2D eigenvalue weighted by molar-refractivity contribution is 7.91. The van der Waals surface area contributed by atoms with Crippen LogP contribution >= 0.6 is 0 Å². The summed E-state index contributed by atoms with van der Waals surface area (Å²) in [6.07, 6.45) is 5.32. The molecule has 7 nitrogen and oxygen atoms in total. The molecule has 0 spiro atoms. The maximum absolute atomic E-state index is 12.4. The van der Waals surface area contributed by atoms with Gasteiger partial charge in [0, 0.05) is 44.5 Å². The van der Waals surface area contributed by atoms with Crippen LogP contribution in [0.4, 0.5) is 0 Å². The Kier molecular flexibility index (Phi) is 6.43. The van der Waals surface area contributed by atoms with Gasteiger partial charge >= 0.3 is 0 Å². The van der Waals surface area contributed by atoms with Crippen molar-refractivity contribution in [2.45, 2.75) is 31.7 Å². The molecule has 0 fully saturated rings. The fraction of sp³-hybridized carbons (Fsp3) is 0.400. The van der Waals surface area contributed by atoms with Gasteiger partial charge in [0.2, 0.25) is 15.0 Å². The van der Waals surface area contributed by atoms with Crippen molar-refractivity contribution in [1.29, 1.82) is 0 Å². The van der Waals surface area contributed by atoms with E-state index in [2.05, 4.69) is 20.9 Å². The van der Waals surface area contributed by atoms with E-state index in [0.717, 1.165) is 17.6 Å². The van der Waals surface area contributed by atoms with Crippen LogP contribution in [0.2, 0.25) is 0 Å². The first kappa shape index (κ1) is 20.4. The standard InChI is InChI=1S/C20H26N4O3S/c1-4-28(25,26)20-22-13-18(24(20)10-11-27-3)15-23(2)14-17-7-5-6-16-12-21-9-8-19(16)17/h5-9,12-13H,4,10-11,14-15H2,1-3H3. The average molecular weight is 403 g/mol. The number of methoxy groups -OCH3 is 1. The third-order valence-electron chi connectivity index (χ3n) is 4.72. The molecule has 0 aliphatic heterocycles. The van der Waals surface area contributed by atoms with E-state index in [1.165, 1.54) is 10.9 Å². The highest BCUT2D eigenvalue weighted by Crippen LogP contribution is 2.20. The zero-order chi connectivity index (χ0) is 20.1. The molecule has 150 valence electrons. The van der Waals surface area contributed by atoms with Crippen LogP contribution in [0.1, 0.15) is 18.2 Å². The molecule has 3 rings (SSSR count). The minimum Gasteiger partial charge on any atom is -0.383 e. The summed E-state index contributed by atoms with van der Waals surface area (Å²) >= 11 is 0. The molecule has 1 aromatic carbocycles. The van der Waals surface area contributed by atoms with E-state index in [9.17, 15) is 8.42 Å². The smallest absolute Gasteiger partial charge is 0.227 e. The van der Waals surface area contributed by atoms with Gasteiger partial charge in [-0.05, 0) is 24.1 Å². The summed E-state index contributed by atoms with van der Waals surface area (Å²) in [5.41, 5.74) is 2.06. The lowest BCUT2D eigenvalue weighted by Gasteiger charge is -2.19. The Morgan fingerprint density at radius 3 is 2.75 bits per heavy atom. The van der Waals surface area contributed by atoms with Gasteiger partial charge in [-0.15, -0.1) is 0 Å². The molecule has 0 N–H and O–H groups in total. The summed E-state index contributed by atoms with van der Waals surface area (Å²) in [4.78, 5) is 10.5. The quantitative estimate of drug-likeness (QED) is 0.547. The predicted octanol–water partition coefficient (Wildman–Crippen LogP) is 2.50. The highest BCUT2D eigenvalue weighted by Gasteiger charge is 2.22. The molecule has 0 saturated carbocycles. The molecule has 28 heavy (non-hydrogen) atoms. The van der Waals surface area contributed by atoms with Crippen molar-refractivity contribution in [3.63, 3.8) is 0 Å². The number of aromatic nitrogens is 3. The molecule has 0 aliphatic carbocycles. The van der Waals surface area contributed by atoms with Gasteiger partial charge in [-0.1, -0.05) is 25.1 Å². The number of rotatable bonds is 9. The van der Waals surface area contributed by atoms with Crippen molar-refractivity contribution >= 4 is 20.6 Å². The topological polar surface area (TPSA) is 77.3 Å². The molecular weight excluding hydrogens is 376 g/mol. The molecule has 0 bridgehead atoms. The summed E-state index contributed by atoms with van der Waals surface area (Å²) < 4.78 is 31.7. The lowest BCUT2D eigenvalue weighted by molar-refractivity contribution is 0.182. The van der Waals surface area contributed by atoms with Gasteiger partial charge in [-0.3, -0.25) is 9.88 Å². The minimum absolute atomic E-state index is 0.0241. The average Bonchev–Trinajstić information content (AvgIpc) is 3.09. The lowest BCUT2D eigenvalue weighted by Crippen LogP contribution is -2.22. The Bertz CT molecular complexity index is 1040. The molecule has 0 amide bonds. The number of hydrogen-bond acceptors (Lipinski definition) is 6. The number of pyridine rings is 1. The van der Waals surface area contributed by atoms with Crippen molar-refractivity contribution < 1.29 is 13.2 Å². The van der Waals surface area contributed by atoms with Crippen LogP contribution in [0.3, 0.4) is 0 Å². The van der Waals surface area contributed by atoms with E-state index in [1.807, 2.05) is 31.4 Å². The lowest BCUT2D eigenvalue weighted by atomic mass is 10.1. The molecule has 2 aromatic heterocycles. The number of fused-ring (bicyclic) bond motifs is 1. The van der Waals surface area contributed by atoms with Crippen molar-refractivity contribution in [1.82, 2.24) is 19.4 Å². The van der Waals surface area contributed by atoms with Crippen molar-refractivity contribution in [3.8, 4) is 0 Å². The SMILES string of the molecule is CCS(=O)(=O)c1ncc(CN(C)Cc2cccc3cnccc23)n1CCOC. The van der Waals surface area contributed by atoms with Gasteiger partial charge in [0.1, 0.15) is 0 Å². The molecule has 2 heterocycles. The summed E-state index contributed by atoms with van der Waals surface area (Å²) in [5.74, 6) is 0.0241. The molecule has 0 saturated heterocycles. The zero-order valence-electron chi connectivity index (χ0n) is 16.5.